The average Bonchev–Trinajstić information content (AvgIpc) is 2.74. The summed E-state index contributed by atoms with van der Waals surface area (Å²) < 4.78 is 0. The van der Waals surface area contributed by atoms with Crippen LogP contribution in [0.5, 0.6) is 0 Å². The first-order valence-corrected chi connectivity index (χ1v) is 5.67. The van der Waals surface area contributed by atoms with Gasteiger partial charge in [0.2, 0.25) is 0 Å². The minimum atomic E-state index is -0.00941. The molecule has 0 saturated carbocycles. The number of aliphatic hydroxyl groups excluding tert-OH is 1. The quantitative estimate of drug-likeness (QED) is 0.823. The molecule has 1 unspecified atom stereocenters. The molecule has 1 saturated heterocycles. The molecule has 1 fully saturated rings. The Morgan fingerprint density at radius 2 is 2.38 bits per heavy atom. The highest BCUT2D eigenvalue weighted by molar-refractivity contribution is 5.61. The van der Waals surface area contributed by atoms with Crippen molar-refractivity contribution < 1.29 is 5.11 Å². The third kappa shape index (κ3) is 1.89. The molecule has 16 heavy (non-hydrogen) atoms. The second kappa shape index (κ2) is 4.54. The molecule has 1 aliphatic rings. The summed E-state index contributed by atoms with van der Waals surface area (Å²) in [6, 6.07) is 8.34. The van der Waals surface area contributed by atoms with Gasteiger partial charge in [-0.25, -0.2) is 0 Å². The molecule has 1 aliphatic heterocycles. The molecule has 2 rings (SSSR count). The highest BCUT2D eigenvalue weighted by Gasteiger charge is 2.22. The highest BCUT2D eigenvalue weighted by atomic mass is 16.3. The number of hydrogen-bond donors (Lipinski definition) is 1. The molecule has 1 N–H and O–H groups in total. The van der Waals surface area contributed by atoms with Crippen molar-refractivity contribution in [2.75, 3.05) is 11.4 Å². The Balaban J connectivity index is 2.37. The molecular formula is C13H16N2O. The molecule has 3 nitrogen and oxygen atoms in total. The van der Waals surface area contributed by atoms with Crippen LogP contribution in [0.25, 0.3) is 0 Å². The zero-order chi connectivity index (χ0) is 11.5. The largest absolute Gasteiger partial charge is 0.392 e. The first kappa shape index (κ1) is 11.0. The van der Waals surface area contributed by atoms with E-state index in [1.54, 1.807) is 6.07 Å². The predicted octanol–water partition coefficient (Wildman–Crippen LogP) is 2.04. The normalized spacial score (nSPS) is 19.8. The fourth-order valence-corrected chi connectivity index (χ4v) is 2.31. The molecule has 0 bridgehead atoms. The fraction of sp³-hybridized carbons (Fsp3) is 0.462. The van der Waals surface area contributed by atoms with Gasteiger partial charge in [0, 0.05) is 12.6 Å². The van der Waals surface area contributed by atoms with Crippen LogP contribution in [0, 0.1) is 11.3 Å². The standard InChI is InChI=1S/C13H16N2O/c1-10-3-2-6-15(10)13-5-4-11(9-16)7-12(13)8-14/h4-5,7,10,16H,2-3,6,9H2,1H3. The monoisotopic (exact) mass is 216 g/mol. The summed E-state index contributed by atoms with van der Waals surface area (Å²) in [6.45, 7) is 3.20. The van der Waals surface area contributed by atoms with Gasteiger partial charge < -0.3 is 10.0 Å². The maximum absolute atomic E-state index is 9.13. The number of aliphatic hydroxyl groups is 1. The molecule has 0 spiro atoms. The maximum atomic E-state index is 9.13. The molecule has 1 aromatic carbocycles. The lowest BCUT2D eigenvalue weighted by Gasteiger charge is -2.25. The molecule has 0 radical (unpaired) electrons. The molecular weight excluding hydrogens is 200 g/mol. The summed E-state index contributed by atoms with van der Waals surface area (Å²) in [5.74, 6) is 0. The Bertz CT molecular complexity index is 422. The van der Waals surface area contributed by atoms with E-state index in [2.05, 4.69) is 17.9 Å². The summed E-state index contributed by atoms with van der Waals surface area (Å²) in [6.07, 6.45) is 2.38. The van der Waals surface area contributed by atoms with Gasteiger partial charge in [0.25, 0.3) is 0 Å². The van der Waals surface area contributed by atoms with E-state index in [1.165, 1.54) is 12.8 Å². The lowest BCUT2D eigenvalue weighted by atomic mass is 10.1. The van der Waals surface area contributed by atoms with Gasteiger partial charge in [0.05, 0.1) is 17.9 Å². The second-order valence-corrected chi connectivity index (χ2v) is 4.31. The molecule has 84 valence electrons. The van der Waals surface area contributed by atoms with E-state index in [1.807, 2.05) is 12.1 Å². The minimum absolute atomic E-state index is 0.00941. The Morgan fingerprint density at radius 1 is 1.56 bits per heavy atom. The number of rotatable bonds is 2. The van der Waals surface area contributed by atoms with Gasteiger partial charge >= 0.3 is 0 Å². The SMILES string of the molecule is CC1CCCN1c1ccc(CO)cc1C#N. The van der Waals surface area contributed by atoms with Crippen molar-refractivity contribution in [2.24, 2.45) is 0 Å². The van der Waals surface area contributed by atoms with Crippen LogP contribution in [0.3, 0.4) is 0 Å². The van der Waals surface area contributed by atoms with Crippen molar-refractivity contribution in [3.63, 3.8) is 0 Å². The molecule has 3 heteroatoms. The van der Waals surface area contributed by atoms with Crippen LogP contribution >= 0.6 is 0 Å². The van der Waals surface area contributed by atoms with Crippen molar-refractivity contribution in [1.82, 2.24) is 0 Å². The number of anilines is 1. The number of hydrogen-bond acceptors (Lipinski definition) is 3. The summed E-state index contributed by atoms with van der Waals surface area (Å²) in [5, 5.41) is 18.2. The molecule has 1 atom stereocenters. The molecule has 0 amide bonds. The van der Waals surface area contributed by atoms with E-state index in [-0.39, 0.29) is 6.61 Å². The first-order chi connectivity index (χ1) is 7.76. The van der Waals surface area contributed by atoms with E-state index in [0.717, 1.165) is 17.8 Å². The van der Waals surface area contributed by atoms with Crippen molar-refractivity contribution >= 4 is 5.69 Å². The van der Waals surface area contributed by atoms with Crippen LogP contribution in [0.4, 0.5) is 5.69 Å². The third-order valence-electron chi connectivity index (χ3n) is 3.23. The second-order valence-electron chi connectivity index (χ2n) is 4.31. The van der Waals surface area contributed by atoms with E-state index in [9.17, 15) is 0 Å². The summed E-state index contributed by atoms with van der Waals surface area (Å²) in [5.41, 5.74) is 2.47. The zero-order valence-corrected chi connectivity index (χ0v) is 9.48. The van der Waals surface area contributed by atoms with Crippen LogP contribution in [-0.4, -0.2) is 17.7 Å². The fourth-order valence-electron chi connectivity index (χ4n) is 2.31. The van der Waals surface area contributed by atoms with Gasteiger partial charge in [0.1, 0.15) is 6.07 Å². The number of benzene rings is 1. The summed E-state index contributed by atoms with van der Waals surface area (Å²) >= 11 is 0. The zero-order valence-electron chi connectivity index (χ0n) is 9.48. The van der Waals surface area contributed by atoms with Crippen LogP contribution in [-0.2, 0) is 6.61 Å². The van der Waals surface area contributed by atoms with Gasteiger partial charge in [-0.1, -0.05) is 6.07 Å². The van der Waals surface area contributed by atoms with Crippen LogP contribution in [0.15, 0.2) is 18.2 Å². The van der Waals surface area contributed by atoms with Gasteiger partial charge in [-0.05, 0) is 37.5 Å². The lowest BCUT2D eigenvalue weighted by molar-refractivity contribution is 0.282. The third-order valence-corrected chi connectivity index (χ3v) is 3.23. The van der Waals surface area contributed by atoms with Gasteiger partial charge in [0.15, 0.2) is 0 Å². The van der Waals surface area contributed by atoms with E-state index >= 15 is 0 Å². The molecule has 0 aliphatic carbocycles. The maximum Gasteiger partial charge on any atom is 0.101 e. The highest BCUT2D eigenvalue weighted by Crippen LogP contribution is 2.28. The topological polar surface area (TPSA) is 47.3 Å². The smallest absolute Gasteiger partial charge is 0.101 e. The average molecular weight is 216 g/mol. The molecule has 1 heterocycles. The molecule has 0 aromatic heterocycles. The van der Waals surface area contributed by atoms with E-state index in [4.69, 9.17) is 10.4 Å². The Kier molecular flexibility index (Phi) is 3.12. The van der Waals surface area contributed by atoms with Crippen LogP contribution in [0.1, 0.15) is 30.9 Å². The number of nitriles is 1. The van der Waals surface area contributed by atoms with Gasteiger partial charge in [-0.3, -0.25) is 0 Å². The summed E-state index contributed by atoms with van der Waals surface area (Å²) in [7, 11) is 0. The van der Waals surface area contributed by atoms with E-state index in [0.29, 0.717) is 11.6 Å². The Hall–Kier alpha value is -1.53. The minimum Gasteiger partial charge on any atom is -0.392 e. The van der Waals surface area contributed by atoms with Crippen LogP contribution in [0.2, 0.25) is 0 Å². The van der Waals surface area contributed by atoms with Crippen LogP contribution < -0.4 is 4.90 Å². The number of nitrogens with zero attached hydrogens (tertiary/aromatic N) is 2. The van der Waals surface area contributed by atoms with Crippen molar-refractivity contribution in [2.45, 2.75) is 32.4 Å². The van der Waals surface area contributed by atoms with Gasteiger partial charge in [-0.2, -0.15) is 5.26 Å². The first-order valence-electron chi connectivity index (χ1n) is 5.67. The lowest BCUT2D eigenvalue weighted by Crippen LogP contribution is -2.27. The molecule has 1 aromatic rings. The van der Waals surface area contributed by atoms with Crippen molar-refractivity contribution in [3.05, 3.63) is 29.3 Å². The Labute approximate surface area is 95.9 Å². The predicted molar refractivity (Wildman–Crippen MR) is 63.1 cm³/mol. The van der Waals surface area contributed by atoms with E-state index < -0.39 is 0 Å². The Morgan fingerprint density at radius 3 is 2.94 bits per heavy atom. The van der Waals surface area contributed by atoms with Crippen molar-refractivity contribution in [1.29, 1.82) is 5.26 Å². The van der Waals surface area contributed by atoms with Gasteiger partial charge in [-0.15, -0.1) is 0 Å². The van der Waals surface area contributed by atoms with Crippen molar-refractivity contribution in [3.8, 4) is 6.07 Å². The summed E-state index contributed by atoms with van der Waals surface area (Å²) in [4.78, 5) is 2.28.